The van der Waals surface area contributed by atoms with Crippen LogP contribution in [0.2, 0.25) is 4.34 Å². The molecule has 1 nitrogen and oxygen atoms in total. The molecule has 0 spiro atoms. The van der Waals surface area contributed by atoms with Gasteiger partial charge in [-0.05, 0) is 42.3 Å². The summed E-state index contributed by atoms with van der Waals surface area (Å²) in [4.78, 5) is 1.06. The highest BCUT2D eigenvalue weighted by Crippen LogP contribution is 2.35. The summed E-state index contributed by atoms with van der Waals surface area (Å²) in [5.41, 5.74) is 8.48. The molecule has 0 aliphatic carbocycles. The quantitative estimate of drug-likeness (QED) is 0.735. The molecular formula is C12H10Br2ClNS. The predicted molar refractivity (Wildman–Crippen MR) is 81.9 cm³/mol. The maximum Gasteiger partial charge on any atom is 0.0931 e. The zero-order chi connectivity index (χ0) is 12.6. The Morgan fingerprint density at radius 3 is 2.53 bits per heavy atom. The molecule has 1 aromatic heterocycles. The zero-order valence-electron chi connectivity index (χ0n) is 9.01. The summed E-state index contributed by atoms with van der Waals surface area (Å²) in [5, 5.41) is 0. The zero-order valence-corrected chi connectivity index (χ0v) is 13.8. The van der Waals surface area contributed by atoms with Crippen molar-refractivity contribution in [1.29, 1.82) is 0 Å². The van der Waals surface area contributed by atoms with Crippen molar-refractivity contribution in [2.45, 2.75) is 13.0 Å². The largest absolute Gasteiger partial charge is 0.320 e. The van der Waals surface area contributed by atoms with E-state index in [0.29, 0.717) is 0 Å². The maximum atomic E-state index is 6.25. The van der Waals surface area contributed by atoms with E-state index in [1.54, 1.807) is 0 Å². The van der Waals surface area contributed by atoms with Crippen molar-refractivity contribution in [3.8, 4) is 0 Å². The summed E-state index contributed by atoms with van der Waals surface area (Å²) in [6.45, 7) is 2.05. The first-order chi connectivity index (χ1) is 7.99. The van der Waals surface area contributed by atoms with Crippen LogP contribution in [0.4, 0.5) is 0 Å². The van der Waals surface area contributed by atoms with Gasteiger partial charge in [0.2, 0.25) is 0 Å². The van der Waals surface area contributed by atoms with Crippen LogP contribution in [0.1, 0.15) is 22.0 Å². The van der Waals surface area contributed by atoms with Crippen LogP contribution in [0.15, 0.2) is 33.2 Å². The summed E-state index contributed by atoms with van der Waals surface area (Å²) in [5.74, 6) is 0. The Balaban J connectivity index is 2.43. The fourth-order valence-electron chi connectivity index (χ4n) is 1.55. The Morgan fingerprint density at radius 2 is 1.94 bits per heavy atom. The SMILES string of the molecule is Cc1cc(Br)c(C(N)c2ccc(Cl)s2)cc1Br. The van der Waals surface area contributed by atoms with Crippen LogP contribution in [0.25, 0.3) is 0 Å². The van der Waals surface area contributed by atoms with Crippen LogP contribution < -0.4 is 5.73 Å². The topological polar surface area (TPSA) is 26.0 Å². The monoisotopic (exact) mass is 393 g/mol. The van der Waals surface area contributed by atoms with Crippen molar-refractivity contribution in [2.24, 2.45) is 5.73 Å². The molecule has 2 rings (SSSR count). The summed E-state index contributed by atoms with van der Waals surface area (Å²) >= 11 is 14.5. The van der Waals surface area contributed by atoms with Gasteiger partial charge in [0.25, 0.3) is 0 Å². The molecule has 2 aromatic rings. The van der Waals surface area contributed by atoms with Crippen LogP contribution in [0, 0.1) is 6.92 Å². The smallest absolute Gasteiger partial charge is 0.0931 e. The van der Waals surface area contributed by atoms with Gasteiger partial charge >= 0.3 is 0 Å². The molecule has 0 fully saturated rings. The van der Waals surface area contributed by atoms with Crippen LogP contribution in [0.3, 0.4) is 0 Å². The van der Waals surface area contributed by atoms with Crippen LogP contribution in [-0.2, 0) is 0 Å². The van der Waals surface area contributed by atoms with Gasteiger partial charge in [0.05, 0.1) is 10.4 Å². The lowest BCUT2D eigenvalue weighted by Crippen LogP contribution is -2.11. The number of halogens is 3. The molecule has 2 N–H and O–H groups in total. The number of aryl methyl sites for hydroxylation is 1. The second kappa shape index (κ2) is 5.41. The van der Waals surface area contributed by atoms with E-state index in [0.717, 1.165) is 23.7 Å². The van der Waals surface area contributed by atoms with Crippen LogP contribution in [0.5, 0.6) is 0 Å². The van der Waals surface area contributed by atoms with E-state index in [1.807, 2.05) is 19.1 Å². The van der Waals surface area contributed by atoms with E-state index in [2.05, 4.69) is 44.0 Å². The molecular weight excluding hydrogens is 385 g/mol. The third-order valence-electron chi connectivity index (χ3n) is 2.51. The fraction of sp³-hybridized carbons (Fsp3) is 0.167. The highest BCUT2D eigenvalue weighted by Gasteiger charge is 2.15. The molecule has 1 aromatic carbocycles. The minimum absolute atomic E-state index is 0.154. The third kappa shape index (κ3) is 2.93. The third-order valence-corrected chi connectivity index (χ3v) is 5.37. The highest BCUT2D eigenvalue weighted by molar-refractivity contribution is 9.11. The van der Waals surface area contributed by atoms with Crippen LogP contribution >= 0.6 is 54.8 Å². The van der Waals surface area contributed by atoms with E-state index >= 15 is 0 Å². The van der Waals surface area contributed by atoms with Gasteiger partial charge < -0.3 is 5.73 Å². The van der Waals surface area contributed by atoms with Crippen LogP contribution in [-0.4, -0.2) is 0 Å². The van der Waals surface area contributed by atoms with E-state index in [4.69, 9.17) is 17.3 Å². The molecule has 17 heavy (non-hydrogen) atoms. The second-order valence-corrected chi connectivity index (χ2v) is 7.20. The van der Waals surface area contributed by atoms with Gasteiger partial charge in [0.1, 0.15) is 0 Å². The summed E-state index contributed by atoms with van der Waals surface area (Å²) in [6, 6.07) is 7.81. The molecule has 0 amide bonds. The van der Waals surface area contributed by atoms with Crippen molar-refractivity contribution in [3.63, 3.8) is 0 Å². The number of hydrogen-bond donors (Lipinski definition) is 1. The summed E-state index contributed by atoms with van der Waals surface area (Å²) in [7, 11) is 0. The first-order valence-corrected chi connectivity index (χ1v) is 7.73. The molecule has 1 unspecified atom stereocenters. The number of nitrogens with two attached hydrogens (primary N) is 1. The van der Waals surface area contributed by atoms with Gasteiger partial charge in [0, 0.05) is 13.8 Å². The minimum atomic E-state index is -0.154. The van der Waals surface area contributed by atoms with Gasteiger partial charge in [-0.25, -0.2) is 0 Å². The van der Waals surface area contributed by atoms with Gasteiger partial charge in [-0.1, -0.05) is 43.5 Å². The van der Waals surface area contributed by atoms with Crippen molar-refractivity contribution < 1.29 is 0 Å². The number of thiophene rings is 1. The summed E-state index contributed by atoms with van der Waals surface area (Å²) < 4.78 is 2.85. The first-order valence-electron chi connectivity index (χ1n) is 4.95. The standard InChI is InChI=1S/C12H10Br2ClNS/c1-6-4-9(14)7(5-8(6)13)12(16)10-2-3-11(15)17-10/h2-5,12H,16H2,1H3. The lowest BCUT2D eigenvalue weighted by Gasteiger charge is -2.14. The second-order valence-electron chi connectivity index (χ2n) is 3.74. The van der Waals surface area contributed by atoms with Crippen molar-refractivity contribution in [2.75, 3.05) is 0 Å². The Morgan fingerprint density at radius 1 is 1.24 bits per heavy atom. The minimum Gasteiger partial charge on any atom is -0.320 e. The lowest BCUT2D eigenvalue weighted by atomic mass is 10.0. The number of hydrogen-bond acceptors (Lipinski definition) is 2. The fourth-order valence-corrected chi connectivity index (χ4v) is 3.70. The highest BCUT2D eigenvalue weighted by atomic mass is 79.9. The molecule has 0 saturated carbocycles. The van der Waals surface area contributed by atoms with E-state index in [1.165, 1.54) is 16.9 Å². The summed E-state index contributed by atoms with van der Waals surface area (Å²) in [6.07, 6.45) is 0. The van der Waals surface area contributed by atoms with Gasteiger partial charge in [-0.3, -0.25) is 0 Å². The number of benzene rings is 1. The van der Waals surface area contributed by atoms with Gasteiger partial charge in [0.15, 0.2) is 0 Å². The van der Waals surface area contributed by atoms with Gasteiger partial charge in [-0.2, -0.15) is 0 Å². The molecule has 90 valence electrons. The Labute approximate surface area is 126 Å². The molecule has 0 aliphatic heterocycles. The Hall–Kier alpha value is 0.130. The number of rotatable bonds is 2. The molecule has 1 atom stereocenters. The first kappa shape index (κ1) is 13.6. The predicted octanol–water partition coefficient (Wildman–Crippen LogP) is 5.28. The molecule has 0 radical (unpaired) electrons. The lowest BCUT2D eigenvalue weighted by molar-refractivity contribution is 0.885. The molecule has 0 saturated heterocycles. The maximum absolute atomic E-state index is 6.25. The normalized spacial score (nSPS) is 12.8. The average molecular weight is 396 g/mol. The van der Waals surface area contributed by atoms with E-state index < -0.39 is 0 Å². The molecule has 0 bridgehead atoms. The Kier molecular flexibility index (Phi) is 4.31. The van der Waals surface area contributed by atoms with E-state index in [-0.39, 0.29) is 6.04 Å². The average Bonchev–Trinajstić information content (AvgIpc) is 2.69. The van der Waals surface area contributed by atoms with Gasteiger partial charge in [-0.15, -0.1) is 11.3 Å². The molecule has 1 heterocycles. The van der Waals surface area contributed by atoms with E-state index in [9.17, 15) is 0 Å². The van der Waals surface area contributed by atoms with Crippen molar-refractivity contribution in [3.05, 3.63) is 53.6 Å². The van der Waals surface area contributed by atoms with Crippen molar-refractivity contribution in [1.82, 2.24) is 0 Å². The molecule has 5 heteroatoms. The van der Waals surface area contributed by atoms with Crippen molar-refractivity contribution >= 4 is 54.8 Å². The molecule has 0 aliphatic rings. The Bertz CT molecular complexity index is 553.